The lowest BCUT2D eigenvalue weighted by Crippen LogP contribution is -2.08. The fourth-order valence-electron chi connectivity index (χ4n) is 2.55. The lowest BCUT2D eigenvalue weighted by atomic mass is 10.1. The minimum absolute atomic E-state index is 0.0824. The Bertz CT molecular complexity index is 1060. The molecular formula is C18H18N2O4S2. The maximum atomic E-state index is 12.3. The molecule has 0 fully saturated rings. The van der Waals surface area contributed by atoms with Crippen molar-refractivity contribution < 1.29 is 18.3 Å². The summed E-state index contributed by atoms with van der Waals surface area (Å²) in [6.45, 7) is 1.28. The molecule has 1 aromatic heterocycles. The van der Waals surface area contributed by atoms with Gasteiger partial charge in [-0.25, -0.2) is 13.4 Å². The molecule has 26 heavy (non-hydrogen) atoms. The summed E-state index contributed by atoms with van der Waals surface area (Å²) in [4.78, 5) is 15.8. The Morgan fingerprint density at radius 3 is 2.69 bits per heavy atom. The summed E-state index contributed by atoms with van der Waals surface area (Å²) in [6, 6.07) is 12.4. The first kappa shape index (κ1) is 18.5. The number of nitrogens with zero attached hydrogens (tertiary/aromatic N) is 1. The molecule has 0 unspecified atom stereocenters. The fourth-order valence-corrected chi connectivity index (χ4v) is 4.84. The normalized spacial score (nSPS) is 11.6. The van der Waals surface area contributed by atoms with Gasteiger partial charge in [0.05, 0.1) is 20.9 Å². The minimum Gasteiger partial charge on any atom is -0.396 e. The maximum absolute atomic E-state index is 12.3. The van der Waals surface area contributed by atoms with Crippen LogP contribution in [0, 0.1) is 0 Å². The van der Waals surface area contributed by atoms with Crippen LogP contribution in [-0.2, 0) is 14.6 Å². The molecule has 0 aliphatic carbocycles. The second-order valence-corrected chi connectivity index (χ2v) is 8.95. The van der Waals surface area contributed by atoms with Gasteiger partial charge in [-0.15, -0.1) is 0 Å². The molecule has 3 aromatic rings. The van der Waals surface area contributed by atoms with Gasteiger partial charge in [0.15, 0.2) is 15.0 Å². The van der Waals surface area contributed by atoms with Crippen LogP contribution in [-0.4, -0.2) is 36.8 Å². The van der Waals surface area contributed by atoms with Crippen LogP contribution in [0.25, 0.3) is 21.3 Å². The molecular weight excluding hydrogens is 372 g/mol. The van der Waals surface area contributed by atoms with Crippen molar-refractivity contribution in [2.24, 2.45) is 0 Å². The zero-order valence-electron chi connectivity index (χ0n) is 14.1. The number of aliphatic hydroxyl groups is 1. The van der Waals surface area contributed by atoms with E-state index in [0.717, 1.165) is 21.3 Å². The fraction of sp³-hybridized carbons (Fsp3) is 0.222. The highest BCUT2D eigenvalue weighted by molar-refractivity contribution is 7.91. The molecule has 136 valence electrons. The molecule has 0 bridgehead atoms. The Hall–Kier alpha value is -2.29. The van der Waals surface area contributed by atoms with Crippen molar-refractivity contribution in [2.45, 2.75) is 18.2 Å². The van der Waals surface area contributed by atoms with E-state index in [0.29, 0.717) is 5.13 Å². The summed E-state index contributed by atoms with van der Waals surface area (Å²) in [5.41, 5.74) is 2.43. The van der Waals surface area contributed by atoms with E-state index in [2.05, 4.69) is 10.3 Å². The number of hydrogen-bond donors (Lipinski definition) is 2. The molecule has 8 heteroatoms. The third-order valence-corrected chi connectivity index (χ3v) is 6.50. The molecule has 0 aliphatic heterocycles. The number of benzene rings is 2. The average molecular weight is 390 g/mol. The third kappa shape index (κ3) is 4.09. The van der Waals surface area contributed by atoms with Gasteiger partial charge in [0.25, 0.3) is 0 Å². The van der Waals surface area contributed by atoms with Crippen molar-refractivity contribution in [3.63, 3.8) is 0 Å². The highest BCUT2D eigenvalue weighted by Gasteiger charge is 2.15. The largest absolute Gasteiger partial charge is 0.396 e. The van der Waals surface area contributed by atoms with Crippen LogP contribution in [0.4, 0.5) is 5.13 Å². The maximum Gasteiger partial charge on any atom is 0.223 e. The zero-order valence-corrected chi connectivity index (χ0v) is 15.7. The van der Waals surface area contributed by atoms with Crippen LogP contribution < -0.4 is 5.32 Å². The van der Waals surface area contributed by atoms with Crippen LogP contribution in [0.1, 0.15) is 13.3 Å². The van der Waals surface area contributed by atoms with Crippen LogP contribution >= 0.6 is 11.3 Å². The Labute approximate surface area is 155 Å². The topological polar surface area (TPSA) is 96.4 Å². The van der Waals surface area contributed by atoms with Crippen LogP contribution in [0.2, 0.25) is 0 Å². The molecule has 0 radical (unpaired) electrons. The van der Waals surface area contributed by atoms with Gasteiger partial charge in [-0.3, -0.25) is 4.79 Å². The summed E-state index contributed by atoms with van der Waals surface area (Å²) in [6.07, 6.45) is 0.214. The van der Waals surface area contributed by atoms with Gasteiger partial charge < -0.3 is 10.4 Å². The first-order chi connectivity index (χ1) is 12.4. The number of hydrogen-bond acceptors (Lipinski definition) is 6. The van der Waals surface area contributed by atoms with E-state index < -0.39 is 9.84 Å². The standard InChI is InChI=1S/C18H18N2O4S2/c1-12(22)19-18-20-16-7-6-14(11-17(16)25-18)13-4-2-5-15(10-13)26(23,24)9-3-8-21/h2,4-7,10-11,21H,3,8-9H2,1H3,(H,19,20,22). The number of rotatable bonds is 6. The predicted molar refractivity (Wildman–Crippen MR) is 103 cm³/mol. The van der Waals surface area contributed by atoms with Gasteiger partial charge in [0.2, 0.25) is 5.91 Å². The van der Waals surface area contributed by atoms with Gasteiger partial charge in [0.1, 0.15) is 0 Å². The molecule has 2 aromatic carbocycles. The lowest BCUT2D eigenvalue weighted by molar-refractivity contribution is -0.114. The number of aliphatic hydroxyl groups excluding tert-OH is 1. The Balaban J connectivity index is 1.96. The van der Waals surface area contributed by atoms with E-state index in [9.17, 15) is 13.2 Å². The number of fused-ring (bicyclic) bond motifs is 1. The van der Waals surface area contributed by atoms with Gasteiger partial charge >= 0.3 is 0 Å². The van der Waals surface area contributed by atoms with Crippen molar-refractivity contribution in [3.8, 4) is 11.1 Å². The number of thiazole rings is 1. The highest BCUT2D eigenvalue weighted by Crippen LogP contribution is 2.31. The molecule has 0 atom stereocenters. The van der Waals surface area contributed by atoms with Crippen LogP contribution in [0.3, 0.4) is 0 Å². The van der Waals surface area contributed by atoms with Crippen molar-refractivity contribution in [3.05, 3.63) is 42.5 Å². The Morgan fingerprint density at radius 2 is 1.96 bits per heavy atom. The van der Waals surface area contributed by atoms with E-state index in [-0.39, 0.29) is 29.6 Å². The number of anilines is 1. The number of amides is 1. The average Bonchev–Trinajstić information content (AvgIpc) is 3.00. The Morgan fingerprint density at radius 1 is 1.19 bits per heavy atom. The minimum atomic E-state index is -3.42. The van der Waals surface area contributed by atoms with E-state index in [1.807, 2.05) is 24.3 Å². The second-order valence-electron chi connectivity index (χ2n) is 5.81. The van der Waals surface area contributed by atoms with E-state index in [1.165, 1.54) is 18.3 Å². The van der Waals surface area contributed by atoms with E-state index in [1.54, 1.807) is 18.2 Å². The van der Waals surface area contributed by atoms with Crippen molar-refractivity contribution in [1.29, 1.82) is 0 Å². The molecule has 2 N–H and O–H groups in total. The zero-order chi connectivity index (χ0) is 18.7. The third-order valence-electron chi connectivity index (χ3n) is 3.77. The molecule has 1 heterocycles. The Kier molecular flexibility index (Phi) is 5.36. The monoisotopic (exact) mass is 390 g/mol. The number of aromatic nitrogens is 1. The lowest BCUT2D eigenvalue weighted by Gasteiger charge is -2.07. The highest BCUT2D eigenvalue weighted by atomic mass is 32.2. The molecule has 1 amide bonds. The SMILES string of the molecule is CC(=O)Nc1nc2ccc(-c3cccc(S(=O)(=O)CCCO)c3)cc2s1. The van der Waals surface area contributed by atoms with Crippen molar-refractivity contribution >= 4 is 42.4 Å². The molecule has 6 nitrogen and oxygen atoms in total. The quantitative estimate of drug-likeness (QED) is 0.674. The molecule has 0 saturated heterocycles. The molecule has 3 rings (SSSR count). The van der Waals surface area contributed by atoms with Crippen molar-refractivity contribution in [2.75, 3.05) is 17.7 Å². The van der Waals surface area contributed by atoms with Gasteiger partial charge in [-0.2, -0.15) is 0 Å². The first-order valence-electron chi connectivity index (χ1n) is 8.01. The summed E-state index contributed by atoms with van der Waals surface area (Å²) < 4.78 is 25.6. The molecule has 0 aliphatic rings. The second kappa shape index (κ2) is 7.53. The van der Waals surface area contributed by atoms with Crippen LogP contribution in [0.5, 0.6) is 0 Å². The number of carbonyl (C=O) groups is 1. The van der Waals surface area contributed by atoms with Crippen molar-refractivity contribution in [1.82, 2.24) is 4.98 Å². The number of nitrogens with one attached hydrogen (secondary N) is 1. The molecule has 0 spiro atoms. The smallest absolute Gasteiger partial charge is 0.223 e. The summed E-state index contributed by atoms with van der Waals surface area (Å²) in [5, 5.41) is 12.1. The summed E-state index contributed by atoms with van der Waals surface area (Å²) in [7, 11) is -3.42. The van der Waals surface area contributed by atoms with Gasteiger partial charge in [-0.1, -0.05) is 29.5 Å². The van der Waals surface area contributed by atoms with E-state index >= 15 is 0 Å². The predicted octanol–water partition coefficient (Wildman–Crippen LogP) is 3.08. The summed E-state index contributed by atoms with van der Waals surface area (Å²) >= 11 is 1.37. The van der Waals surface area contributed by atoms with Crippen LogP contribution in [0.15, 0.2) is 47.4 Å². The number of carbonyl (C=O) groups excluding carboxylic acids is 1. The summed E-state index contributed by atoms with van der Waals surface area (Å²) in [5.74, 6) is -0.258. The van der Waals surface area contributed by atoms with Gasteiger partial charge in [0, 0.05) is 13.5 Å². The number of sulfone groups is 1. The van der Waals surface area contributed by atoms with E-state index in [4.69, 9.17) is 5.11 Å². The molecule has 0 saturated carbocycles. The van der Waals surface area contributed by atoms with Gasteiger partial charge in [-0.05, 0) is 41.8 Å². The first-order valence-corrected chi connectivity index (χ1v) is 10.5.